The molecule has 0 aliphatic heterocycles. The second-order valence-corrected chi connectivity index (χ2v) is 14.5. The molecule has 0 fully saturated rings. The summed E-state index contributed by atoms with van der Waals surface area (Å²) in [5.41, 5.74) is 19.8. The Morgan fingerprint density at radius 3 is 0.964 bits per heavy atom. The van der Waals surface area contributed by atoms with Gasteiger partial charge in [-0.3, -0.25) is 0 Å². The molecule has 1 aliphatic rings. The number of fused-ring (bicyclic) bond motifs is 3. The zero-order chi connectivity index (χ0) is 37.3. The lowest BCUT2D eigenvalue weighted by Gasteiger charge is -2.26. The zero-order valence-electron chi connectivity index (χ0n) is 31.0. The molecule has 1 aliphatic carbocycles. The molecule has 0 heterocycles. The zero-order valence-corrected chi connectivity index (χ0v) is 31.0. The van der Waals surface area contributed by atoms with Crippen LogP contribution in [-0.2, 0) is 0 Å². The molecule has 0 N–H and O–H groups in total. The molecular weight excluding hydrogens is 675 g/mol. The quantitative estimate of drug-likeness (QED) is 0.152. The van der Waals surface area contributed by atoms with Gasteiger partial charge in [-0.2, -0.15) is 0 Å². The highest BCUT2D eigenvalue weighted by atomic mass is 15.1. The fourth-order valence-electron chi connectivity index (χ4n) is 8.36. The van der Waals surface area contributed by atoms with E-state index in [0.717, 1.165) is 17.1 Å². The Hall–Kier alpha value is -7.22. The van der Waals surface area contributed by atoms with Crippen LogP contribution < -0.4 is 4.90 Å². The smallest absolute Gasteiger partial charge is 0.0462 e. The molecule has 9 aromatic carbocycles. The Morgan fingerprint density at radius 1 is 0.250 bits per heavy atom. The van der Waals surface area contributed by atoms with Crippen LogP contribution >= 0.6 is 0 Å². The first-order chi connectivity index (χ1) is 27.8. The van der Waals surface area contributed by atoms with Crippen LogP contribution in [0.15, 0.2) is 231 Å². The van der Waals surface area contributed by atoms with Crippen molar-refractivity contribution in [2.24, 2.45) is 0 Å². The molecule has 0 unspecified atom stereocenters. The van der Waals surface area contributed by atoms with Crippen LogP contribution in [0, 0.1) is 0 Å². The third-order valence-corrected chi connectivity index (χ3v) is 11.2. The van der Waals surface area contributed by atoms with Gasteiger partial charge in [0.25, 0.3) is 0 Å². The Labute approximate surface area is 329 Å². The van der Waals surface area contributed by atoms with Crippen molar-refractivity contribution in [3.05, 3.63) is 247 Å². The summed E-state index contributed by atoms with van der Waals surface area (Å²) in [5.74, 6) is 0.166. The SMILES string of the molecule is c1ccc(-c2ccc(N(c3ccccc3)c3ccc(-c4ccc(C5c6ccc(-c7ccccc7)cc6-c6cc(-c7ccccc7)ccc65)cc4)cc3)cc2)cc1. The summed E-state index contributed by atoms with van der Waals surface area (Å²) in [5, 5.41) is 0. The molecule has 0 aromatic heterocycles. The van der Waals surface area contributed by atoms with Crippen molar-refractivity contribution in [1.82, 2.24) is 0 Å². The second-order valence-electron chi connectivity index (χ2n) is 14.5. The van der Waals surface area contributed by atoms with Crippen LogP contribution in [0.3, 0.4) is 0 Å². The molecule has 0 saturated carbocycles. The van der Waals surface area contributed by atoms with Gasteiger partial charge in [-0.1, -0.05) is 182 Å². The van der Waals surface area contributed by atoms with Crippen LogP contribution in [0.5, 0.6) is 0 Å². The normalized spacial score (nSPS) is 11.9. The molecule has 9 aromatic rings. The lowest BCUT2D eigenvalue weighted by atomic mass is 9.87. The number of para-hydroxylation sites is 1. The summed E-state index contributed by atoms with van der Waals surface area (Å²) in [6, 6.07) is 83.7. The van der Waals surface area contributed by atoms with Crippen molar-refractivity contribution < 1.29 is 0 Å². The summed E-state index contributed by atoms with van der Waals surface area (Å²) in [6.07, 6.45) is 0. The van der Waals surface area contributed by atoms with Crippen LogP contribution in [0.4, 0.5) is 17.1 Å². The maximum absolute atomic E-state index is 2.39. The highest BCUT2D eigenvalue weighted by Crippen LogP contribution is 2.50. The van der Waals surface area contributed by atoms with E-state index < -0.39 is 0 Å². The third-order valence-electron chi connectivity index (χ3n) is 11.2. The minimum Gasteiger partial charge on any atom is -0.311 e. The predicted molar refractivity (Wildman–Crippen MR) is 236 cm³/mol. The number of hydrogen-bond donors (Lipinski definition) is 0. The van der Waals surface area contributed by atoms with Gasteiger partial charge in [0.15, 0.2) is 0 Å². The van der Waals surface area contributed by atoms with Gasteiger partial charge >= 0.3 is 0 Å². The van der Waals surface area contributed by atoms with Gasteiger partial charge in [-0.25, -0.2) is 0 Å². The maximum atomic E-state index is 2.39. The molecule has 0 atom stereocenters. The molecule has 1 nitrogen and oxygen atoms in total. The molecular formula is C55H39N. The number of anilines is 3. The minimum absolute atomic E-state index is 0.166. The summed E-state index contributed by atoms with van der Waals surface area (Å²) < 4.78 is 0. The van der Waals surface area contributed by atoms with Crippen LogP contribution in [0.25, 0.3) is 55.6 Å². The first-order valence-electron chi connectivity index (χ1n) is 19.4. The molecule has 0 bridgehead atoms. The fourth-order valence-corrected chi connectivity index (χ4v) is 8.36. The van der Waals surface area contributed by atoms with Crippen LogP contribution in [0.2, 0.25) is 0 Å². The average Bonchev–Trinajstić information content (AvgIpc) is 3.61. The van der Waals surface area contributed by atoms with Gasteiger partial charge < -0.3 is 4.90 Å². The van der Waals surface area contributed by atoms with E-state index in [4.69, 9.17) is 0 Å². The van der Waals surface area contributed by atoms with E-state index in [1.807, 2.05) is 0 Å². The molecule has 0 saturated heterocycles. The van der Waals surface area contributed by atoms with Crippen molar-refractivity contribution >= 4 is 17.1 Å². The summed E-state index contributed by atoms with van der Waals surface area (Å²) in [4.78, 5) is 2.32. The first-order valence-corrected chi connectivity index (χ1v) is 19.4. The summed E-state index contributed by atoms with van der Waals surface area (Å²) in [7, 11) is 0. The van der Waals surface area contributed by atoms with E-state index in [2.05, 4.69) is 235 Å². The number of nitrogens with zero attached hydrogens (tertiary/aromatic N) is 1. The standard InChI is InChI=1S/C55H39N/c1-5-13-39(14-6-1)43-25-31-49(32-26-43)56(48-19-11-4-12-20-48)50-33-27-44(28-34-50)42-21-23-45(24-22-42)55-51-35-29-46(40-15-7-2-8-16-40)37-53(51)54-38-47(30-36-52(54)55)41-17-9-3-10-18-41/h1-38,55H. The molecule has 0 spiro atoms. The molecule has 264 valence electrons. The Morgan fingerprint density at radius 2 is 0.554 bits per heavy atom. The van der Waals surface area contributed by atoms with Gasteiger partial charge in [0.05, 0.1) is 0 Å². The Kier molecular flexibility index (Phi) is 8.67. The molecule has 0 radical (unpaired) electrons. The average molecular weight is 714 g/mol. The number of benzene rings is 9. The van der Waals surface area contributed by atoms with E-state index in [1.54, 1.807) is 0 Å². The molecule has 1 heteroatoms. The van der Waals surface area contributed by atoms with Crippen molar-refractivity contribution in [3.63, 3.8) is 0 Å². The highest BCUT2D eigenvalue weighted by Gasteiger charge is 2.30. The van der Waals surface area contributed by atoms with Gasteiger partial charge in [-0.05, 0) is 121 Å². The van der Waals surface area contributed by atoms with E-state index >= 15 is 0 Å². The van der Waals surface area contributed by atoms with Crippen LogP contribution in [0.1, 0.15) is 22.6 Å². The minimum atomic E-state index is 0.166. The van der Waals surface area contributed by atoms with Gasteiger partial charge in [0.1, 0.15) is 0 Å². The molecule has 10 rings (SSSR count). The Bertz CT molecular complexity index is 2650. The van der Waals surface area contributed by atoms with Gasteiger partial charge in [-0.15, -0.1) is 0 Å². The topological polar surface area (TPSA) is 3.24 Å². The van der Waals surface area contributed by atoms with E-state index in [9.17, 15) is 0 Å². The van der Waals surface area contributed by atoms with Gasteiger partial charge in [0, 0.05) is 23.0 Å². The number of rotatable bonds is 8. The lowest BCUT2D eigenvalue weighted by Crippen LogP contribution is -2.09. The second kappa shape index (κ2) is 14.5. The number of hydrogen-bond acceptors (Lipinski definition) is 1. The van der Waals surface area contributed by atoms with Crippen molar-refractivity contribution in [3.8, 4) is 55.6 Å². The van der Waals surface area contributed by atoms with Crippen molar-refractivity contribution in [2.45, 2.75) is 5.92 Å². The van der Waals surface area contributed by atoms with Crippen molar-refractivity contribution in [1.29, 1.82) is 0 Å². The monoisotopic (exact) mass is 713 g/mol. The van der Waals surface area contributed by atoms with E-state index in [0.29, 0.717) is 0 Å². The van der Waals surface area contributed by atoms with E-state index in [1.165, 1.54) is 72.3 Å². The lowest BCUT2D eigenvalue weighted by molar-refractivity contribution is 1.02. The first kappa shape index (κ1) is 33.4. The van der Waals surface area contributed by atoms with Gasteiger partial charge in [0.2, 0.25) is 0 Å². The third kappa shape index (κ3) is 6.30. The Balaban J connectivity index is 0.971. The highest BCUT2D eigenvalue weighted by molar-refractivity contribution is 5.87. The fraction of sp³-hybridized carbons (Fsp3) is 0.0182. The summed E-state index contributed by atoms with van der Waals surface area (Å²) >= 11 is 0. The van der Waals surface area contributed by atoms with Crippen LogP contribution in [-0.4, -0.2) is 0 Å². The molecule has 56 heavy (non-hydrogen) atoms. The predicted octanol–water partition coefficient (Wildman–Crippen LogP) is 15.0. The maximum Gasteiger partial charge on any atom is 0.0462 e. The summed E-state index contributed by atoms with van der Waals surface area (Å²) in [6.45, 7) is 0. The largest absolute Gasteiger partial charge is 0.311 e. The molecule has 0 amide bonds. The van der Waals surface area contributed by atoms with Crippen molar-refractivity contribution in [2.75, 3.05) is 4.90 Å². The van der Waals surface area contributed by atoms with E-state index in [-0.39, 0.29) is 5.92 Å².